The Kier molecular flexibility index (Phi) is 4.99. The Morgan fingerprint density at radius 3 is 1.68 bits per heavy atom. The summed E-state index contributed by atoms with van der Waals surface area (Å²) in [5.41, 5.74) is 1.95. The molecule has 5 nitrogen and oxygen atoms in total. The van der Waals surface area contributed by atoms with Crippen LogP contribution in [0.15, 0.2) is 30.3 Å². The number of carbonyl (C=O) groups is 2. The zero-order valence-electron chi connectivity index (χ0n) is 12.8. The summed E-state index contributed by atoms with van der Waals surface area (Å²) in [4.78, 5) is 24.2. The number of ether oxygens (including phenoxy) is 3. The van der Waals surface area contributed by atoms with Crippen molar-refractivity contribution in [1.29, 1.82) is 0 Å². The smallest absolute Gasteiger partial charge is 0.338 e. The van der Waals surface area contributed by atoms with E-state index in [0.29, 0.717) is 28.0 Å². The normalized spacial score (nSPS) is 10.3. The lowest BCUT2D eigenvalue weighted by atomic mass is 10.1. The van der Waals surface area contributed by atoms with Gasteiger partial charge in [0.25, 0.3) is 0 Å². The van der Waals surface area contributed by atoms with Crippen molar-refractivity contribution in [1.82, 2.24) is 0 Å². The fraction of sp³-hybridized carbons (Fsp3) is 0.294. The molecule has 2 rings (SSSR count). The number of rotatable bonds is 5. The number of fused-ring (bicyclic) bond motifs is 1. The Morgan fingerprint density at radius 1 is 0.864 bits per heavy atom. The van der Waals surface area contributed by atoms with Crippen molar-refractivity contribution < 1.29 is 23.8 Å². The summed E-state index contributed by atoms with van der Waals surface area (Å²) in [6, 6.07) is 8.47. The van der Waals surface area contributed by atoms with Crippen LogP contribution in [0.2, 0.25) is 0 Å². The van der Waals surface area contributed by atoms with Crippen molar-refractivity contribution in [3.8, 4) is 16.9 Å². The Bertz CT molecular complexity index is 610. The topological polar surface area (TPSA) is 61.8 Å². The summed E-state index contributed by atoms with van der Waals surface area (Å²) in [6.45, 7) is 4.00. The number of methoxy groups -OCH3 is 1. The van der Waals surface area contributed by atoms with Crippen LogP contribution in [0.4, 0.5) is 0 Å². The molecule has 0 heterocycles. The van der Waals surface area contributed by atoms with Crippen LogP contribution in [0.3, 0.4) is 0 Å². The lowest BCUT2D eigenvalue weighted by Crippen LogP contribution is -2.05. The predicted molar refractivity (Wildman–Crippen MR) is 81.5 cm³/mol. The molecule has 0 aromatic rings. The number of hydrogen-bond donors (Lipinski definition) is 0. The van der Waals surface area contributed by atoms with Gasteiger partial charge in [0.2, 0.25) is 0 Å². The second-order valence-electron chi connectivity index (χ2n) is 4.51. The summed E-state index contributed by atoms with van der Waals surface area (Å²) in [5.74, 6) is -0.303. The van der Waals surface area contributed by atoms with Crippen molar-refractivity contribution in [2.75, 3.05) is 20.3 Å². The van der Waals surface area contributed by atoms with Crippen molar-refractivity contribution in [3.05, 3.63) is 41.5 Å². The van der Waals surface area contributed by atoms with Gasteiger partial charge in [-0.1, -0.05) is 0 Å². The standard InChI is InChI=1S/C17H18O5/c1-4-21-16(18)14-10-15(17(19)22-5-2)13-9-7-11(20-3)6-8-12(13)14/h6-10H,4-5H2,1-3H3. The van der Waals surface area contributed by atoms with Crippen LogP contribution in [-0.2, 0) is 9.47 Å². The van der Waals surface area contributed by atoms with Crippen molar-refractivity contribution in [3.63, 3.8) is 0 Å². The maximum Gasteiger partial charge on any atom is 0.338 e. The van der Waals surface area contributed by atoms with Crippen LogP contribution in [0.25, 0.3) is 11.1 Å². The molecule has 22 heavy (non-hydrogen) atoms. The molecule has 0 unspecified atom stereocenters. The van der Waals surface area contributed by atoms with E-state index in [1.165, 1.54) is 6.07 Å². The lowest BCUT2D eigenvalue weighted by molar-refractivity contribution is 0.0525. The molecule has 2 aliphatic carbocycles. The Balaban J connectivity index is 2.60. The first kappa shape index (κ1) is 15.8. The minimum absolute atomic E-state index is 0.266. The molecule has 0 spiro atoms. The highest BCUT2D eigenvalue weighted by Crippen LogP contribution is 2.34. The third kappa shape index (κ3) is 3.03. The van der Waals surface area contributed by atoms with Crippen LogP contribution in [0.1, 0.15) is 34.6 Å². The van der Waals surface area contributed by atoms with E-state index in [4.69, 9.17) is 14.2 Å². The summed E-state index contributed by atoms with van der Waals surface area (Å²) in [5, 5.41) is 0. The summed E-state index contributed by atoms with van der Waals surface area (Å²) in [7, 11) is 1.55. The fourth-order valence-corrected chi connectivity index (χ4v) is 2.23. The fourth-order valence-electron chi connectivity index (χ4n) is 2.23. The highest BCUT2D eigenvalue weighted by Gasteiger charge is 2.25. The van der Waals surface area contributed by atoms with E-state index in [2.05, 4.69) is 0 Å². The van der Waals surface area contributed by atoms with E-state index >= 15 is 0 Å². The number of esters is 2. The van der Waals surface area contributed by atoms with E-state index in [0.717, 1.165) is 0 Å². The molecule has 0 aromatic heterocycles. The highest BCUT2D eigenvalue weighted by atomic mass is 16.5. The van der Waals surface area contributed by atoms with Gasteiger partial charge in [-0.05, 0) is 55.3 Å². The molecule has 0 atom stereocenters. The maximum atomic E-state index is 12.1. The molecule has 2 aliphatic rings. The van der Waals surface area contributed by atoms with Gasteiger partial charge in [-0.3, -0.25) is 0 Å². The Labute approximate surface area is 129 Å². The minimum Gasteiger partial charge on any atom is -0.497 e. The largest absolute Gasteiger partial charge is 0.497 e. The van der Waals surface area contributed by atoms with E-state index in [-0.39, 0.29) is 13.2 Å². The first-order valence-corrected chi connectivity index (χ1v) is 7.07. The van der Waals surface area contributed by atoms with Gasteiger partial charge in [-0.25, -0.2) is 9.59 Å². The van der Waals surface area contributed by atoms with Crippen molar-refractivity contribution in [2.24, 2.45) is 0 Å². The van der Waals surface area contributed by atoms with Gasteiger partial charge in [0, 0.05) is 0 Å². The van der Waals surface area contributed by atoms with Crippen LogP contribution in [-0.4, -0.2) is 32.3 Å². The van der Waals surface area contributed by atoms with Gasteiger partial charge in [0.15, 0.2) is 0 Å². The molecule has 0 amide bonds. The third-order valence-corrected chi connectivity index (χ3v) is 3.21. The van der Waals surface area contributed by atoms with Gasteiger partial charge >= 0.3 is 11.9 Å². The van der Waals surface area contributed by atoms with Crippen molar-refractivity contribution >= 4 is 11.9 Å². The van der Waals surface area contributed by atoms with Gasteiger partial charge in [0.1, 0.15) is 5.75 Å². The van der Waals surface area contributed by atoms with E-state index < -0.39 is 11.9 Å². The molecule has 0 bridgehead atoms. The molecule has 0 radical (unpaired) electrons. The van der Waals surface area contributed by atoms with Crippen LogP contribution < -0.4 is 4.74 Å². The predicted octanol–water partition coefficient (Wildman–Crippen LogP) is 3.15. The first-order valence-electron chi connectivity index (χ1n) is 7.07. The maximum absolute atomic E-state index is 12.1. The van der Waals surface area contributed by atoms with Gasteiger partial charge in [-0.15, -0.1) is 0 Å². The lowest BCUT2D eigenvalue weighted by Gasteiger charge is -2.02. The average Bonchev–Trinajstić information content (AvgIpc) is 2.74. The molecule has 0 N–H and O–H groups in total. The van der Waals surface area contributed by atoms with E-state index in [9.17, 15) is 9.59 Å². The summed E-state index contributed by atoms with van der Waals surface area (Å²) < 4.78 is 15.3. The van der Waals surface area contributed by atoms with Crippen LogP contribution in [0.5, 0.6) is 5.75 Å². The SMILES string of the molecule is CCOC(=O)c1cc(C(=O)OCC)c2ccc(OC)ccc1-2. The van der Waals surface area contributed by atoms with Gasteiger partial charge < -0.3 is 14.2 Å². The van der Waals surface area contributed by atoms with Crippen LogP contribution >= 0.6 is 0 Å². The van der Waals surface area contributed by atoms with Gasteiger partial charge in [-0.2, -0.15) is 0 Å². The average molecular weight is 302 g/mol. The molecule has 0 saturated carbocycles. The zero-order valence-corrected chi connectivity index (χ0v) is 12.8. The monoisotopic (exact) mass is 302 g/mol. The minimum atomic E-state index is -0.465. The second-order valence-corrected chi connectivity index (χ2v) is 4.51. The van der Waals surface area contributed by atoms with E-state index in [1.54, 1.807) is 45.2 Å². The third-order valence-electron chi connectivity index (χ3n) is 3.21. The molecule has 0 saturated heterocycles. The van der Waals surface area contributed by atoms with Crippen LogP contribution in [0, 0.1) is 0 Å². The molecular weight excluding hydrogens is 284 g/mol. The quantitative estimate of drug-likeness (QED) is 0.794. The zero-order chi connectivity index (χ0) is 16.1. The molecular formula is C17H18O5. The first-order chi connectivity index (χ1) is 10.6. The molecule has 0 aliphatic heterocycles. The molecule has 116 valence electrons. The number of carbonyl (C=O) groups excluding carboxylic acids is 2. The second kappa shape index (κ2) is 6.93. The van der Waals surface area contributed by atoms with Gasteiger partial charge in [0.05, 0.1) is 31.5 Å². The van der Waals surface area contributed by atoms with E-state index in [1.807, 2.05) is 0 Å². The Morgan fingerprint density at radius 2 is 1.32 bits per heavy atom. The molecule has 0 aromatic carbocycles. The molecule has 0 fully saturated rings. The number of hydrogen-bond acceptors (Lipinski definition) is 5. The summed E-state index contributed by atoms with van der Waals surface area (Å²) >= 11 is 0. The molecule has 5 heteroatoms. The Hall–Kier alpha value is -2.56. The summed E-state index contributed by atoms with van der Waals surface area (Å²) in [6.07, 6.45) is 0. The van der Waals surface area contributed by atoms with Crippen molar-refractivity contribution in [2.45, 2.75) is 13.8 Å². The highest BCUT2D eigenvalue weighted by molar-refractivity contribution is 6.08.